The van der Waals surface area contributed by atoms with Crippen LogP contribution in [0.25, 0.3) is 0 Å². The monoisotopic (exact) mass is 186 g/mol. The third-order valence-electron chi connectivity index (χ3n) is 2.06. The second-order valence-corrected chi connectivity index (χ2v) is 3.47. The van der Waals surface area contributed by atoms with E-state index in [2.05, 4.69) is 10.6 Å². The molecule has 5 heteroatoms. The molecule has 0 aliphatic carbocycles. The lowest BCUT2D eigenvalue weighted by atomic mass is 10.00. The Morgan fingerprint density at radius 3 is 2.38 bits per heavy atom. The molecule has 0 spiro atoms. The average Bonchev–Trinajstić information content (AvgIpc) is 2.07. The highest BCUT2D eigenvalue weighted by atomic mass is 16.3. The van der Waals surface area contributed by atoms with Gasteiger partial charge in [-0.3, -0.25) is 9.59 Å². The molecule has 2 amide bonds. The normalized spacial score (nSPS) is 28.6. The Morgan fingerprint density at radius 2 is 1.92 bits per heavy atom. The Bertz CT molecular complexity index is 227. The highest BCUT2D eigenvalue weighted by Crippen LogP contribution is 2.06. The first-order valence-electron chi connectivity index (χ1n) is 4.28. The van der Waals surface area contributed by atoms with Gasteiger partial charge in [0, 0.05) is 0 Å². The van der Waals surface area contributed by atoms with Crippen LogP contribution in [-0.2, 0) is 9.59 Å². The second-order valence-electron chi connectivity index (χ2n) is 3.47. The largest absolute Gasteiger partial charge is 0.394 e. The van der Waals surface area contributed by atoms with E-state index in [1.54, 1.807) is 0 Å². The third kappa shape index (κ3) is 1.98. The Hall–Kier alpha value is -1.10. The molecule has 1 heterocycles. The van der Waals surface area contributed by atoms with Crippen LogP contribution in [-0.4, -0.2) is 35.6 Å². The molecule has 0 radical (unpaired) electrons. The standard InChI is InChI=1S/C8H14N2O3/c1-4(2)6-8(13)9-5(3-11)7(12)10-6/h4-6,11H,3H2,1-2H3,(H,9,13)(H,10,12)/t5-,6-/m0/s1. The predicted octanol–water partition coefficient (Wildman–Crippen LogP) is -1.38. The van der Waals surface area contributed by atoms with Crippen LogP contribution < -0.4 is 10.6 Å². The van der Waals surface area contributed by atoms with Gasteiger partial charge >= 0.3 is 0 Å². The van der Waals surface area contributed by atoms with Crippen molar-refractivity contribution in [3.8, 4) is 0 Å². The number of amides is 2. The van der Waals surface area contributed by atoms with Gasteiger partial charge in [0.1, 0.15) is 12.1 Å². The Balaban J connectivity index is 2.67. The molecule has 2 atom stereocenters. The molecule has 74 valence electrons. The van der Waals surface area contributed by atoms with Gasteiger partial charge in [-0.15, -0.1) is 0 Å². The molecule has 1 fully saturated rings. The van der Waals surface area contributed by atoms with Crippen molar-refractivity contribution in [1.29, 1.82) is 0 Å². The molecule has 5 nitrogen and oxygen atoms in total. The van der Waals surface area contributed by atoms with E-state index in [9.17, 15) is 9.59 Å². The fourth-order valence-electron chi connectivity index (χ4n) is 1.24. The summed E-state index contributed by atoms with van der Waals surface area (Å²) in [6.45, 7) is 3.34. The first-order valence-corrected chi connectivity index (χ1v) is 4.28. The number of aliphatic hydroxyl groups excluding tert-OH is 1. The van der Waals surface area contributed by atoms with E-state index in [1.807, 2.05) is 13.8 Å². The molecular weight excluding hydrogens is 172 g/mol. The minimum Gasteiger partial charge on any atom is -0.394 e. The predicted molar refractivity (Wildman–Crippen MR) is 45.8 cm³/mol. The average molecular weight is 186 g/mol. The zero-order valence-corrected chi connectivity index (χ0v) is 7.70. The van der Waals surface area contributed by atoms with Gasteiger partial charge in [-0.25, -0.2) is 0 Å². The lowest BCUT2D eigenvalue weighted by Crippen LogP contribution is -2.64. The van der Waals surface area contributed by atoms with Crippen molar-refractivity contribution in [1.82, 2.24) is 10.6 Å². The Morgan fingerprint density at radius 1 is 1.31 bits per heavy atom. The van der Waals surface area contributed by atoms with E-state index in [0.717, 1.165) is 0 Å². The maximum absolute atomic E-state index is 11.3. The van der Waals surface area contributed by atoms with E-state index < -0.39 is 12.1 Å². The number of hydrogen-bond donors (Lipinski definition) is 3. The topological polar surface area (TPSA) is 78.4 Å². The summed E-state index contributed by atoms with van der Waals surface area (Å²) in [7, 11) is 0. The summed E-state index contributed by atoms with van der Waals surface area (Å²) >= 11 is 0. The molecular formula is C8H14N2O3. The minimum atomic E-state index is -0.789. The van der Waals surface area contributed by atoms with Gasteiger partial charge in [0.05, 0.1) is 6.61 Å². The van der Waals surface area contributed by atoms with Gasteiger partial charge in [-0.1, -0.05) is 13.8 Å². The Kier molecular flexibility index (Phi) is 2.87. The van der Waals surface area contributed by atoms with Gasteiger partial charge in [0.25, 0.3) is 0 Å². The summed E-state index contributed by atoms with van der Waals surface area (Å²) < 4.78 is 0. The molecule has 1 saturated heterocycles. The number of nitrogens with one attached hydrogen (secondary N) is 2. The zero-order valence-electron chi connectivity index (χ0n) is 7.70. The third-order valence-corrected chi connectivity index (χ3v) is 2.06. The van der Waals surface area contributed by atoms with Crippen molar-refractivity contribution in [3.05, 3.63) is 0 Å². The van der Waals surface area contributed by atoms with Crippen LogP contribution in [0.2, 0.25) is 0 Å². The van der Waals surface area contributed by atoms with Crippen molar-refractivity contribution in [2.24, 2.45) is 5.92 Å². The summed E-state index contributed by atoms with van der Waals surface area (Å²) in [6.07, 6.45) is 0. The SMILES string of the molecule is CC(C)[C@@H]1NC(=O)[C@H](CO)NC1=O. The second kappa shape index (κ2) is 3.74. The quantitative estimate of drug-likeness (QED) is 0.497. The molecule has 0 aromatic rings. The molecule has 0 unspecified atom stereocenters. The molecule has 0 aromatic carbocycles. The van der Waals surface area contributed by atoms with E-state index in [0.29, 0.717) is 0 Å². The lowest BCUT2D eigenvalue weighted by Gasteiger charge is -2.30. The van der Waals surface area contributed by atoms with Crippen molar-refractivity contribution < 1.29 is 14.7 Å². The number of aliphatic hydroxyl groups is 1. The van der Waals surface area contributed by atoms with Crippen LogP contribution in [0.5, 0.6) is 0 Å². The summed E-state index contributed by atoms with van der Waals surface area (Å²) in [5.41, 5.74) is 0. The Labute approximate surface area is 76.5 Å². The fraction of sp³-hybridized carbons (Fsp3) is 0.750. The fourth-order valence-corrected chi connectivity index (χ4v) is 1.24. The summed E-state index contributed by atoms with van der Waals surface area (Å²) in [4.78, 5) is 22.5. The number of hydrogen-bond acceptors (Lipinski definition) is 3. The zero-order chi connectivity index (χ0) is 10.0. The van der Waals surface area contributed by atoms with E-state index in [1.165, 1.54) is 0 Å². The van der Waals surface area contributed by atoms with Gasteiger partial charge in [0.15, 0.2) is 0 Å². The van der Waals surface area contributed by atoms with Crippen molar-refractivity contribution >= 4 is 11.8 Å². The van der Waals surface area contributed by atoms with E-state index in [4.69, 9.17) is 5.11 Å². The van der Waals surface area contributed by atoms with Crippen molar-refractivity contribution in [3.63, 3.8) is 0 Å². The summed E-state index contributed by atoms with van der Waals surface area (Å²) in [5.74, 6) is -0.488. The van der Waals surface area contributed by atoms with Crippen LogP contribution in [0, 0.1) is 5.92 Å². The van der Waals surface area contributed by atoms with Crippen LogP contribution in [0.1, 0.15) is 13.8 Å². The van der Waals surface area contributed by atoms with Crippen LogP contribution in [0.4, 0.5) is 0 Å². The summed E-state index contributed by atoms with van der Waals surface area (Å²) in [6, 6.07) is -1.27. The molecule has 1 aliphatic rings. The lowest BCUT2D eigenvalue weighted by molar-refractivity contribution is -0.138. The molecule has 0 bridgehead atoms. The highest BCUT2D eigenvalue weighted by molar-refractivity contribution is 5.97. The number of carbonyl (C=O) groups excluding carboxylic acids is 2. The number of piperazine rings is 1. The number of carbonyl (C=O) groups is 2. The van der Waals surface area contributed by atoms with Gasteiger partial charge in [-0.2, -0.15) is 0 Å². The molecule has 3 N–H and O–H groups in total. The maximum atomic E-state index is 11.3. The smallest absolute Gasteiger partial charge is 0.245 e. The van der Waals surface area contributed by atoms with Gasteiger partial charge in [-0.05, 0) is 5.92 Å². The highest BCUT2D eigenvalue weighted by Gasteiger charge is 2.34. The molecule has 0 aromatic heterocycles. The van der Waals surface area contributed by atoms with Crippen molar-refractivity contribution in [2.75, 3.05) is 6.61 Å². The molecule has 0 saturated carbocycles. The van der Waals surface area contributed by atoms with Crippen LogP contribution >= 0.6 is 0 Å². The number of rotatable bonds is 2. The first kappa shape index (κ1) is 9.98. The molecule has 1 rings (SSSR count). The summed E-state index contributed by atoms with van der Waals surface area (Å²) in [5, 5.41) is 13.7. The van der Waals surface area contributed by atoms with Gasteiger partial charge in [0.2, 0.25) is 11.8 Å². The van der Waals surface area contributed by atoms with Crippen LogP contribution in [0.15, 0.2) is 0 Å². The van der Waals surface area contributed by atoms with E-state index in [-0.39, 0.29) is 24.3 Å². The van der Waals surface area contributed by atoms with E-state index >= 15 is 0 Å². The molecule has 1 aliphatic heterocycles. The maximum Gasteiger partial charge on any atom is 0.245 e. The first-order chi connectivity index (χ1) is 6.06. The molecule has 13 heavy (non-hydrogen) atoms. The van der Waals surface area contributed by atoms with Crippen LogP contribution in [0.3, 0.4) is 0 Å². The minimum absolute atomic E-state index is 0.0589. The van der Waals surface area contributed by atoms with Gasteiger partial charge < -0.3 is 15.7 Å². The van der Waals surface area contributed by atoms with Crippen molar-refractivity contribution in [2.45, 2.75) is 25.9 Å².